The van der Waals surface area contributed by atoms with E-state index in [0.717, 1.165) is 5.56 Å². The van der Waals surface area contributed by atoms with E-state index in [2.05, 4.69) is 10.6 Å². The molecule has 5 heteroatoms. The van der Waals surface area contributed by atoms with Gasteiger partial charge in [0.1, 0.15) is 0 Å². The number of nitrogens with one attached hydrogen (secondary N) is 2. The predicted molar refractivity (Wildman–Crippen MR) is 78.9 cm³/mol. The second kappa shape index (κ2) is 7.28. The molecule has 1 heterocycles. The molecule has 0 bridgehead atoms. The molecule has 21 heavy (non-hydrogen) atoms. The summed E-state index contributed by atoms with van der Waals surface area (Å²) in [6.07, 6.45) is 1.41. The smallest absolute Gasteiger partial charge is 0.287 e. The Morgan fingerprint density at radius 2 is 1.86 bits per heavy atom. The maximum Gasteiger partial charge on any atom is 0.287 e. The molecule has 2 rings (SSSR count). The monoisotopic (exact) mass is 286 g/mol. The number of furan rings is 1. The summed E-state index contributed by atoms with van der Waals surface area (Å²) in [6.45, 7) is 2.50. The van der Waals surface area contributed by atoms with Gasteiger partial charge in [-0.2, -0.15) is 0 Å². The molecule has 0 aliphatic rings. The van der Waals surface area contributed by atoms with Crippen LogP contribution in [0.3, 0.4) is 0 Å². The fraction of sp³-hybridized carbons (Fsp3) is 0.250. The van der Waals surface area contributed by atoms with Crippen LogP contribution >= 0.6 is 0 Å². The van der Waals surface area contributed by atoms with Crippen LogP contribution in [-0.4, -0.2) is 24.9 Å². The van der Waals surface area contributed by atoms with Crippen LogP contribution in [-0.2, 0) is 4.79 Å². The van der Waals surface area contributed by atoms with Crippen molar-refractivity contribution in [3.05, 3.63) is 60.1 Å². The van der Waals surface area contributed by atoms with Gasteiger partial charge in [0, 0.05) is 6.54 Å². The van der Waals surface area contributed by atoms with Gasteiger partial charge in [-0.3, -0.25) is 9.59 Å². The molecule has 1 aromatic heterocycles. The van der Waals surface area contributed by atoms with Crippen LogP contribution in [0.4, 0.5) is 0 Å². The molecule has 0 radical (unpaired) electrons. The van der Waals surface area contributed by atoms with Crippen molar-refractivity contribution >= 4 is 11.8 Å². The van der Waals surface area contributed by atoms with Crippen molar-refractivity contribution in [1.82, 2.24) is 10.6 Å². The number of amides is 2. The highest BCUT2D eigenvalue weighted by Crippen LogP contribution is 2.12. The molecule has 1 atom stereocenters. The second-order valence-electron chi connectivity index (χ2n) is 4.78. The molecule has 0 saturated heterocycles. The fourth-order valence-electron chi connectivity index (χ4n) is 1.88. The molecule has 0 fully saturated rings. The molecule has 0 aliphatic carbocycles. The van der Waals surface area contributed by atoms with Crippen molar-refractivity contribution in [3.63, 3.8) is 0 Å². The molecule has 0 aliphatic heterocycles. The highest BCUT2D eigenvalue weighted by atomic mass is 16.3. The minimum atomic E-state index is -0.397. The molecule has 110 valence electrons. The van der Waals surface area contributed by atoms with Gasteiger partial charge in [0.2, 0.25) is 5.91 Å². The molecule has 2 amide bonds. The number of rotatable bonds is 6. The third-order valence-electron chi connectivity index (χ3n) is 3.13. The first-order valence-electron chi connectivity index (χ1n) is 6.80. The standard InChI is InChI=1S/C16H18N2O3/c1-12(13-6-3-2-4-7-13)10-17-15(19)11-18-16(20)14-8-5-9-21-14/h2-9,12H,10-11H2,1H3,(H,17,19)(H,18,20). The lowest BCUT2D eigenvalue weighted by molar-refractivity contribution is -0.120. The highest BCUT2D eigenvalue weighted by Gasteiger charge is 2.11. The van der Waals surface area contributed by atoms with Gasteiger partial charge in [0.25, 0.3) is 5.91 Å². The first-order valence-corrected chi connectivity index (χ1v) is 6.80. The van der Waals surface area contributed by atoms with E-state index >= 15 is 0 Å². The van der Waals surface area contributed by atoms with Crippen LogP contribution < -0.4 is 10.6 Å². The number of hydrogen-bond donors (Lipinski definition) is 2. The summed E-state index contributed by atoms with van der Waals surface area (Å²) in [7, 11) is 0. The predicted octanol–water partition coefficient (Wildman–Crippen LogP) is 1.93. The van der Waals surface area contributed by atoms with Crippen molar-refractivity contribution in [2.45, 2.75) is 12.8 Å². The lowest BCUT2D eigenvalue weighted by Crippen LogP contribution is -2.38. The van der Waals surface area contributed by atoms with Crippen molar-refractivity contribution in [2.75, 3.05) is 13.1 Å². The summed E-state index contributed by atoms with van der Waals surface area (Å²) in [5, 5.41) is 5.30. The molecule has 5 nitrogen and oxygen atoms in total. The lowest BCUT2D eigenvalue weighted by atomic mass is 10.0. The number of carbonyl (C=O) groups is 2. The Balaban J connectivity index is 1.71. The van der Waals surface area contributed by atoms with E-state index < -0.39 is 5.91 Å². The maximum absolute atomic E-state index is 11.7. The van der Waals surface area contributed by atoms with E-state index in [-0.39, 0.29) is 24.1 Å². The average molecular weight is 286 g/mol. The van der Waals surface area contributed by atoms with Gasteiger partial charge in [-0.05, 0) is 23.6 Å². The van der Waals surface area contributed by atoms with Crippen molar-refractivity contribution < 1.29 is 14.0 Å². The third kappa shape index (κ3) is 4.49. The van der Waals surface area contributed by atoms with Gasteiger partial charge in [0.15, 0.2) is 5.76 Å². The van der Waals surface area contributed by atoms with Crippen LogP contribution in [0.15, 0.2) is 53.1 Å². The molecular formula is C16H18N2O3. The highest BCUT2D eigenvalue weighted by molar-refractivity contribution is 5.94. The Labute approximate surface area is 123 Å². The van der Waals surface area contributed by atoms with E-state index in [0.29, 0.717) is 6.54 Å². The van der Waals surface area contributed by atoms with Gasteiger partial charge in [-0.15, -0.1) is 0 Å². The largest absolute Gasteiger partial charge is 0.459 e. The van der Waals surface area contributed by atoms with Gasteiger partial charge in [-0.25, -0.2) is 0 Å². The summed E-state index contributed by atoms with van der Waals surface area (Å²) >= 11 is 0. The molecule has 1 aromatic carbocycles. The first-order chi connectivity index (χ1) is 10.2. The zero-order valence-electron chi connectivity index (χ0n) is 11.8. The maximum atomic E-state index is 11.7. The minimum absolute atomic E-state index is 0.0684. The molecular weight excluding hydrogens is 268 g/mol. The topological polar surface area (TPSA) is 71.3 Å². The molecule has 0 spiro atoms. The average Bonchev–Trinajstić information content (AvgIpc) is 3.05. The van der Waals surface area contributed by atoms with Crippen molar-refractivity contribution in [1.29, 1.82) is 0 Å². The first kappa shape index (κ1) is 14.8. The zero-order valence-corrected chi connectivity index (χ0v) is 11.8. The Morgan fingerprint density at radius 1 is 1.10 bits per heavy atom. The minimum Gasteiger partial charge on any atom is -0.459 e. The van der Waals surface area contributed by atoms with Gasteiger partial charge in [0.05, 0.1) is 12.8 Å². The van der Waals surface area contributed by atoms with Crippen LogP contribution in [0, 0.1) is 0 Å². The van der Waals surface area contributed by atoms with Gasteiger partial charge >= 0.3 is 0 Å². The van der Waals surface area contributed by atoms with E-state index in [9.17, 15) is 9.59 Å². The van der Waals surface area contributed by atoms with Crippen LogP contribution in [0.2, 0.25) is 0 Å². The third-order valence-corrected chi connectivity index (χ3v) is 3.13. The van der Waals surface area contributed by atoms with E-state index in [1.165, 1.54) is 6.26 Å². The molecule has 2 N–H and O–H groups in total. The SMILES string of the molecule is CC(CNC(=O)CNC(=O)c1ccco1)c1ccccc1. The second-order valence-corrected chi connectivity index (χ2v) is 4.78. The van der Waals surface area contributed by atoms with E-state index in [4.69, 9.17) is 4.42 Å². The Bertz CT molecular complexity index is 579. The molecule has 0 saturated carbocycles. The van der Waals surface area contributed by atoms with E-state index in [1.54, 1.807) is 12.1 Å². The van der Waals surface area contributed by atoms with Gasteiger partial charge in [-0.1, -0.05) is 37.3 Å². The quantitative estimate of drug-likeness (QED) is 0.852. The fourth-order valence-corrected chi connectivity index (χ4v) is 1.88. The Kier molecular flexibility index (Phi) is 5.15. The zero-order chi connectivity index (χ0) is 15.1. The van der Waals surface area contributed by atoms with Crippen LogP contribution in [0.1, 0.15) is 29.0 Å². The lowest BCUT2D eigenvalue weighted by Gasteiger charge is -2.13. The number of carbonyl (C=O) groups excluding carboxylic acids is 2. The van der Waals surface area contributed by atoms with Gasteiger partial charge < -0.3 is 15.1 Å². The van der Waals surface area contributed by atoms with E-state index in [1.807, 2.05) is 37.3 Å². The van der Waals surface area contributed by atoms with Crippen molar-refractivity contribution in [2.24, 2.45) is 0 Å². The normalized spacial score (nSPS) is 11.7. The van der Waals surface area contributed by atoms with Crippen LogP contribution in [0.25, 0.3) is 0 Å². The molecule has 2 aromatic rings. The summed E-state index contributed by atoms with van der Waals surface area (Å²) in [6, 6.07) is 13.1. The number of benzene rings is 1. The van der Waals surface area contributed by atoms with Crippen molar-refractivity contribution in [3.8, 4) is 0 Å². The summed E-state index contributed by atoms with van der Waals surface area (Å²) in [4.78, 5) is 23.3. The Hall–Kier alpha value is -2.56. The van der Waals surface area contributed by atoms with Crippen LogP contribution in [0.5, 0.6) is 0 Å². The number of hydrogen-bond acceptors (Lipinski definition) is 3. The summed E-state index contributed by atoms with van der Waals surface area (Å²) in [5.74, 6) is -0.208. The summed E-state index contributed by atoms with van der Waals surface area (Å²) < 4.78 is 4.94. The summed E-state index contributed by atoms with van der Waals surface area (Å²) in [5.41, 5.74) is 1.16. The Morgan fingerprint density at radius 3 is 2.52 bits per heavy atom. The molecule has 1 unspecified atom stereocenters.